The normalized spacial score (nSPS) is 21.2. The molecule has 0 spiro atoms. The van der Waals surface area contributed by atoms with Crippen LogP contribution in [0.3, 0.4) is 0 Å². The zero-order valence-corrected chi connectivity index (χ0v) is 21.9. The predicted molar refractivity (Wildman–Crippen MR) is 139 cm³/mol. The van der Waals surface area contributed by atoms with Crippen LogP contribution in [-0.4, -0.2) is 50.0 Å². The van der Waals surface area contributed by atoms with Crippen molar-refractivity contribution < 1.29 is 33.6 Å². The van der Waals surface area contributed by atoms with E-state index in [1.54, 1.807) is 40.2 Å². The number of rotatable bonds is 8. The lowest BCUT2D eigenvalue weighted by Gasteiger charge is -2.38. The number of hydrogen-bond acceptors (Lipinski definition) is 8. The van der Waals surface area contributed by atoms with Crippen LogP contribution in [-0.2, 0) is 14.3 Å². The lowest BCUT2D eigenvalue weighted by atomic mass is 9.66. The molecule has 0 radical (unpaired) electrons. The van der Waals surface area contributed by atoms with Crippen LogP contribution in [0.4, 0.5) is 0 Å². The van der Waals surface area contributed by atoms with Gasteiger partial charge in [0.25, 0.3) is 0 Å². The summed E-state index contributed by atoms with van der Waals surface area (Å²) in [6.45, 7) is 5.91. The van der Waals surface area contributed by atoms with Gasteiger partial charge in [0.2, 0.25) is 0 Å². The molecule has 0 bridgehead atoms. The molecule has 0 aromatic heterocycles. The molecule has 1 saturated carbocycles. The second-order valence-corrected chi connectivity index (χ2v) is 9.12. The fourth-order valence-corrected chi connectivity index (χ4v) is 5.35. The van der Waals surface area contributed by atoms with Gasteiger partial charge in [-0.1, -0.05) is 12.1 Å². The molecule has 2 aliphatic rings. The molecule has 1 aliphatic carbocycles. The fourth-order valence-electron chi connectivity index (χ4n) is 5.35. The molecule has 1 heterocycles. The summed E-state index contributed by atoms with van der Waals surface area (Å²) in [6.07, 6.45) is 0.855. The minimum Gasteiger partial charge on any atom is -0.504 e. The Morgan fingerprint density at radius 1 is 0.946 bits per heavy atom. The van der Waals surface area contributed by atoms with Gasteiger partial charge in [-0.3, -0.25) is 9.79 Å². The molecular weight excluding hydrogens is 474 g/mol. The van der Waals surface area contributed by atoms with E-state index in [1.807, 2.05) is 25.1 Å². The van der Waals surface area contributed by atoms with Crippen LogP contribution in [0, 0.1) is 5.92 Å². The number of carbonyl (C=O) groups is 2. The average molecular weight is 508 g/mol. The number of phenols is 1. The van der Waals surface area contributed by atoms with Gasteiger partial charge in [-0.2, -0.15) is 0 Å². The Morgan fingerprint density at radius 2 is 1.65 bits per heavy atom. The predicted octanol–water partition coefficient (Wildman–Crippen LogP) is 4.95. The van der Waals surface area contributed by atoms with Gasteiger partial charge >= 0.3 is 5.97 Å². The van der Waals surface area contributed by atoms with Crippen LogP contribution in [0.5, 0.6) is 23.0 Å². The van der Waals surface area contributed by atoms with E-state index in [0.717, 1.165) is 11.3 Å². The molecule has 1 aliphatic heterocycles. The third-order valence-corrected chi connectivity index (χ3v) is 6.97. The Morgan fingerprint density at radius 3 is 2.32 bits per heavy atom. The highest BCUT2D eigenvalue weighted by molar-refractivity contribution is 6.12. The molecule has 1 N–H and O–H groups in total. The van der Waals surface area contributed by atoms with E-state index in [1.165, 1.54) is 6.07 Å². The molecule has 0 saturated heterocycles. The Bertz CT molecular complexity index is 1260. The zero-order valence-electron chi connectivity index (χ0n) is 21.9. The van der Waals surface area contributed by atoms with Crippen LogP contribution < -0.4 is 14.2 Å². The summed E-state index contributed by atoms with van der Waals surface area (Å²) < 4.78 is 21.8. The molecule has 2 aromatic rings. The number of allylic oxidation sites excluding steroid dienone is 1. The van der Waals surface area contributed by atoms with Crippen molar-refractivity contribution in [3.8, 4) is 23.0 Å². The smallest absolute Gasteiger partial charge is 0.336 e. The minimum atomic E-state index is -0.612. The van der Waals surface area contributed by atoms with E-state index >= 15 is 0 Å². The lowest BCUT2D eigenvalue weighted by Crippen LogP contribution is -2.41. The Kier molecular flexibility index (Phi) is 7.86. The van der Waals surface area contributed by atoms with Crippen molar-refractivity contribution in [1.29, 1.82) is 0 Å². The summed E-state index contributed by atoms with van der Waals surface area (Å²) in [5.74, 6) is -0.261. The number of carbonyl (C=O) groups excluding carboxylic acids is 2. The number of benzene rings is 2. The van der Waals surface area contributed by atoms with Crippen molar-refractivity contribution in [2.45, 2.75) is 45.4 Å². The van der Waals surface area contributed by atoms with E-state index in [0.29, 0.717) is 53.5 Å². The third-order valence-electron chi connectivity index (χ3n) is 6.97. The van der Waals surface area contributed by atoms with Gasteiger partial charge in [-0.15, -0.1) is 0 Å². The molecular formula is C29H33NO7. The maximum Gasteiger partial charge on any atom is 0.336 e. The monoisotopic (exact) mass is 507 g/mol. The second kappa shape index (κ2) is 11.1. The number of esters is 1. The van der Waals surface area contributed by atoms with Gasteiger partial charge < -0.3 is 24.1 Å². The summed E-state index contributed by atoms with van der Waals surface area (Å²) in [5, 5.41) is 10.3. The first-order chi connectivity index (χ1) is 17.8. The van der Waals surface area contributed by atoms with E-state index in [4.69, 9.17) is 23.9 Å². The quantitative estimate of drug-likeness (QED) is 0.505. The van der Waals surface area contributed by atoms with E-state index in [9.17, 15) is 14.7 Å². The number of ketones is 1. The number of ether oxygens (including phenoxy) is 4. The standard InChI is InChI=1S/C29H33NO7/c1-6-36-24-15-18(8-10-21(24)31)27-26(29(33)37-7-2)16(3)30-20-12-19(13-22(32)28(20)27)17-9-11-23(34-4)25(14-17)35-5/h8-11,14-15,19,27-28,31H,6-7,12-13H2,1-5H3/t19-,27+,28?/m1/s1. The van der Waals surface area contributed by atoms with Crippen molar-refractivity contribution in [3.05, 3.63) is 58.8 Å². The number of fused-ring (bicyclic) bond motifs is 1. The number of phenolic OH excluding ortho intramolecular Hbond substituents is 1. The van der Waals surface area contributed by atoms with Crippen molar-refractivity contribution in [2.75, 3.05) is 27.4 Å². The maximum absolute atomic E-state index is 13.8. The van der Waals surface area contributed by atoms with Crippen molar-refractivity contribution >= 4 is 17.5 Å². The van der Waals surface area contributed by atoms with Crippen LogP contribution >= 0.6 is 0 Å². The molecule has 37 heavy (non-hydrogen) atoms. The van der Waals surface area contributed by atoms with Crippen LogP contribution in [0.2, 0.25) is 0 Å². The summed E-state index contributed by atoms with van der Waals surface area (Å²) >= 11 is 0. The zero-order chi connectivity index (χ0) is 26.7. The van der Waals surface area contributed by atoms with E-state index in [2.05, 4.69) is 0 Å². The van der Waals surface area contributed by atoms with Gasteiger partial charge in [-0.05, 0) is 68.5 Å². The molecule has 4 rings (SSSR count). The molecule has 0 amide bonds. The molecule has 8 heteroatoms. The van der Waals surface area contributed by atoms with Gasteiger partial charge in [0.1, 0.15) is 5.78 Å². The number of hydrogen-bond donors (Lipinski definition) is 1. The molecule has 2 aromatic carbocycles. The Labute approximate surface area is 216 Å². The first-order valence-electron chi connectivity index (χ1n) is 12.5. The number of Topliss-reactive ketones (excluding diaryl/α,β-unsaturated/α-hetero) is 1. The average Bonchev–Trinajstić information content (AvgIpc) is 2.88. The molecule has 1 fully saturated rings. The van der Waals surface area contributed by atoms with Crippen LogP contribution in [0.15, 0.2) is 52.7 Å². The summed E-state index contributed by atoms with van der Waals surface area (Å²) in [7, 11) is 3.17. The Hall–Kier alpha value is -3.81. The number of aliphatic imine (C=N–C) groups is 1. The second-order valence-electron chi connectivity index (χ2n) is 9.12. The largest absolute Gasteiger partial charge is 0.504 e. The number of methoxy groups -OCH3 is 2. The minimum absolute atomic E-state index is 0.00262. The maximum atomic E-state index is 13.8. The molecule has 8 nitrogen and oxygen atoms in total. The van der Waals surface area contributed by atoms with Gasteiger partial charge in [-0.25, -0.2) is 4.79 Å². The van der Waals surface area contributed by atoms with E-state index < -0.39 is 17.8 Å². The fraction of sp³-hybridized carbons (Fsp3) is 0.414. The molecule has 196 valence electrons. The summed E-state index contributed by atoms with van der Waals surface area (Å²) in [6, 6.07) is 10.6. The number of nitrogens with zero attached hydrogens (tertiary/aromatic N) is 1. The summed E-state index contributed by atoms with van der Waals surface area (Å²) in [4.78, 5) is 31.7. The van der Waals surface area contributed by atoms with Gasteiger partial charge in [0.05, 0.1) is 38.9 Å². The topological polar surface area (TPSA) is 104 Å². The van der Waals surface area contributed by atoms with E-state index in [-0.39, 0.29) is 24.1 Å². The Balaban J connectivity index is 1.78. The number of aromatic hydroxyl groups is 1. The SMILES string of the molecule is CCOC(=O)C1=C(C)N=C2C[C@@H](c3ccc(OC)c(OC)c3)CC(=O)C2[C@H]1c1ccc(O)c(OCC)c1. The highest BCUT2D eigenvalue weighted by Gasteiger charge is 2.46. The molecule has 1 unspecified atom stereocenters. The highest BCUT2D eigenvalue weighted by Crippen LogP contribution is 2.47. The van der Waals surface area contributed by atoms with Gasteiger partial charge in [0.15, 0.2) is 23.0 Å². The van der Waals surface area contributed by atoms with Gasteiger partial charge in [0, 0.05) is 23.7 Å². The van der Waals surface area contributed by atoms with Crippen molar-refractivity contribution in [3.63, 3.8) is 0 Å². The van der Waals surface area contributed by atoms with Crippen molar-refractivity contribution in [2.24, 2.45) is 10.9 Å². The third kappa shape index (κ3) is 5.05. The highest BCUT2D eigenvalue weighted by atomic mass is 16.5. The lowest BCUT2D eigenvalue weighted by molar-refractivity contribution is -0.139. The first-order valence-corrected chi connectivity index (χ1v) is 12.5. The van der Waals surface area contributed by atoms with Crippen LogP contribution in [0.25, 0.3) is 0 Å². The first kappa shape index (κ1) is 26.3. The molecule has 3 atom stereocenters. The van der Waals surface area contributed by atoms with Crippen molar-refractivity contribution in [1.82, 2.24) is 0 Å². The summed E-state index contributed by atoms with van der Waals surface area (Å²) in [5.41, 5.74) is 3.28. The van der Waals surface area contributed by atoms with Crippen LogP contribution in [0.1, 0.15) is 56.6 Å².